The number of amides is 2. The molecule has 0 spiro atoms. The number of hydrogen-bond acceptors (Lipinski definition) is 6. The van der Waals surface area contributed by atoms with E-state index >= 15 is 0 Å². The highest BCUT2D eigenvalue weighted by Crippen LogP contribution is 2.36. The highest BCUT2D eigenvalue weighted by Gasteiger charge is 2.43. The molecule has 0 rings (SSSR count). The number of carbonyl (C=O) groups excluding carboxylic acids is 2. The summed E-state index contributed by atoms with van der Waals surface area (Å²) in [5.74, 6) is -1.97. The first-order valence-electron chi connectivity index (χ1n) is 11.3. The van der Waals surface area contributed by atoms with Crippen molar-refractivity contribution < 1.29 is 19.5 Å². The van der Waals surface area contributed by atoms with Gasteiger partial charge in [-0.3, -0.25) is 14.4 Å². The number of carboxylic acids is 1. The Morgan fingerprint density at radius 3 is 1.69 bits per heavy atom. The molecule has 0 aliphatic carbocycles. The zero-order chi connectivity index (χ0) is 25.9. The van der Waals surface area contributed by atoms with Gasteiger partial charge in [-0.25, -0.2) is 0 Å². The van der Waals surface area contributed by atoms with E-state index in [0.29, 0.717) is 6.42 Å². The van der Waals surface area contributed by atoms with Gasteiger partial charge in [0.05, 0.1) is 6.04 Å². The van der Waals surface area contributed by atoms with E-state index in [1.165, 1.54) is 0 Å². The van der Waals surface area contributed by atoms with Crippen LogP contribution in [0.3, 0.4) is 0 Å². The smallest absolute Gasteiger partial charge is 0.321 e. The first-order valence-corrected chi connectivity index (χ1v) is 11.3. The lowest BCUT2D eigenvalue weighted by Crippen LogP contribution is -2.69. The molecular weight excluding hydrogens is 410 g/mol. The minimum Gasteiger partial charge on any atom is -0.480 e. The van der Waals surface area contributed by atoms with Crippen molar-refractivity contribution in [1.29, 1.82) is 0 Å². The molecule has 0 saturated carbocycles. The van der Waals surface area contributed by atoms with Crippen LogP contribution in [0.4, 0.5) is 0 Å². The monoisotopic (exact) mass is 457 g/mol. The molecule has 0 aliphatic rings. The van der Waals surface area contributed by atoms with Crippen molar-refractivity contribution in [3.05, 3.63) is 0 Å². The minimum atomic E-state index is -1.12. The van der Waals surface area contributed by atoms with Gasteiger partial charge in [0.1, 0.15) is 12.1 Å². The van der Waals surface area contributed by atoms with E-state index in [1.807, 2.05) is 13.8 Å². The summed E-state index contributed by atoms with van der Waals surface area (Å²) in [5, 5.41) is 15.1. The molecular formula is C23H47N5O4. The van der Waals surface area contributed by atoms with Crippen molar-refractivity contribution in [2.75, 3.05) is 0 Å². The third kappa shape index (κ3) is 8.33. The molecule has 9 heteroatoms. The maximum atomic E-state index is 13.3. The Kier molecular flexibility index (Phi) is 9.92. The first kappa shape index (κ1) is 30.3. The van der Waals surface area contributed by atoms with E-state index in [4.69, 9.17) is 17.2 Å². The Morgan fingerprint density at radius 1 is 0.906 bits per heavy atom. The number of hydrogen-bond donors (Lipinski definition) is 6. The molecule has 0 aromatic carbocycles. The number of nitrogens with two attached hydrogens (primary N) is 3. The highest BCUT2D eigenvalue weighted by molar-refractivity contribution is 5.90. The second kappa shape index (κ2) is 10.5. The Bertz CT molecular complexity index is 663. The molecule has 2 unspecified atom stereocenters. The molecule has 32 heavy (non-hydrogen) atoms. The number of carbonyl (C=O) groups is 3. The van der Waals surface area contributed by atoms with Gasteiger partial charge in [0.2, 0.25) is 11.8 Å². The fourth-order valence-corrected chi connectivity index (χ4v) is 4.26. The lowest BCUT2D eigenvalue weighted by molar-refractivity contribution is -0.143. The Hall–Kier alpha value is -1.71. The number of carboxylic acid groups (broad SMARTS) is 1. The number of nitrogens with one attached hydrogen (secondary N) is 2. The van der Waals surface area contributed by atoms with Crippen LogP contribution in [0, 0.1) is 16.7 Å². The highest BCUT2D eigenvalue weighted by atomic mass is 16.4. The predicted molar refractivity (Wildman–Crippen MR) is 128 cm³/mol. The normalized spacial score (nSPS) is 16.3. The van der Waals surface area contributed by atoms with Crippen molar-refractivity contribution in [2.24, 2.45) is 33.9 Å². The summed E-state index contributed by atoms with van der Waals surface area (Å²) in [4.78, 5) is 37.8. The fraction of sp³-hybridized carbons (Fsp3) is 0.870. The molecule has 0 heterocycles. The van der Waals surface area contributed by atoms with Gasteiger partial charge in [0.15, 0.2) is 0 Å². The SMILES string of the molecule is CCC(C)C(NC(=O)C(C)(C)CC(C)(C)[C@H](N)C(=O)O)C(=O)NC(C(C)(C)N)C(C)(C)N. The van der Waals surface area contributed by atoms with E-state index < -0.39 is 46.0 Å². The van der Waals surface area contributed by atoms with Gasteiger partial charge >= 0.3 is 5.97 Å². The molecule has 0 fully saturated rings. The molecule has 0 saturated heterocycles. The molecule has 0 radical (unpaired) electrons. The third-order valence-corrected chi connectivity index (χ3v) is 6.18. The standard InChI is InChI=1S/C23H47N5O4/c1-11-13(2)14(16(29)28-18(22(7,8)25)23(9,10)26)27-19(32)21(5,6)12-20(3,4)15(24)17(30)31/h13-15,18H,11-12,24-26H2,1-10H3,(H,27,32)(H,28,29)(H,30,31)/t13?,14?,15-/m1/s1. The minimum absolute atomic E-state index is 0.147. The summed E-state index contributed by atoms with van der Waals surface area (Å²) < 4.78 is 0. The van der Waals surface area contributed by atoms with Gasteiger partial charge < -0.3 is 32.9 Å². The zero-order valence-corrected chi connectivity index (χ0v) is 21.6. The topological polar surface area (TPSA) is 174 Å². The second-order valence-electron chi connectivity index (χ2n) is 11.8. The van der Waals surface area contributed by atoms with Crippen LogP contribution < -0.4 is 27.8 Å². The van der Waals surface area contributed by atoms with Crippen LogP contribution in [0.15, 0.2) is 0 Å². The number of rotatable bonds is 12. The molecule has 0 aliphatic heterocycles. The van der Waals surface area contributed by atoms with E-state index in [0.717, 1.165) is 0 Å². The number of aliphatic carboxylic acids is 1. The summed E-state index contributed by atoms with van der Waals surface area (Å²) >= 11 is 0. The van der Waals surface area contributed by atoms with Gasteiger partial charge in [0.25, 0.3) is 0 Å². The van der Waals surface area contributed by atoms with Crippen molar-refractivity contribution in [1.82, 2.24) is 10.6 Å². The molecule has 0 bridgehead atoms. The van der Waals surface area contributed by atoms with Crippen LogP contribution in [0.2, 0.25) is 0 Å². The molecule has 9 nitrogen and oxygen atoms in total. The predicted octanol–water partition coefficient (Wildman–Crippen LogP) is 1.33. The van der Waals surface area contributed by atoms with Crippen molar-refractivity contribution in [3.8, 4) is 0 Å². The van der Waals surface area contributed by atoms with Crippen molar-refractivity contribution >= 4 is 17.8 Å². The molecule has 0 aromatic heterocycles. The summed E-state index contributed by atoms with van der Waals surface area (Å²) in [6.45, 7) is 17.9. The zero-order valence-electron chi connectivity index (χ0n) is 21.6. The quantitative estimate of drug-likeness (QED) is 0.256. The third-order valence-electron chi connectivity index (χ3n) is 6.18. The van der Waals surface area contributed by atoms with Gasteiger partial charge in [-0.05, 0) is 45.4 Å². The van der Waals surface area contributed by atoms with Crippen LogP contribution in [0.25, 0.3) is 0 Å². The van der Waals surface area contributed by atoms with Gasteiger partial charge in [-0.2, -0.15) is 0 Å². The van der Waals surface area contributed by atoms with E-state index in [-0.39, 0.29) is 24.2 Å². The summed E-state index contributed by atoms with van der Waals surface area (Å²) in [6.07, 6.45) is 0.888. The Balaban J connectivity index is 5.75. The fourth-order valence-electron chi connectivity index (χ4n) is 4.26. The molecule has 188 valence electrons. The molecule has 0 aromatic rings. The average molecular weight is 458 g/mol. The average Bonchev–Trinajstić information content (AvgIpc) is 2.59. The first-order chi connectivity index (χ1) is 14.1. The second-order valence-corrected chi connectivity index (χ2v) is 11.8. The van der Waals surface area contributed by atoms with E-state index in [2.05, 4.69) is 10.6 Å². The lowest BCUT2D eigenvalue weighted by Gasteiger charge is -2.42. The van der Waals surface area contributed by atoms with Crippen molar-refractivity contribution in [3.63, 3.8) is 0 Å². The van der Waals surface area contributed by atoms with Crippen LogP contribution in [0.1, 0.15) is 82.1 Å². The summed E-state index contributed by atoms with van der Waals surface area (Å²) in [6, 6.07) is -2.45. The molecule has 3 atom stereocenters. The molecule has 9 N–H and O–H groups in total. The largest absolute Gasteiger partial charge is 0.480 e. The Labute approximate surface area is 193 Å². The van der Waals surface area contributed by atoms with Crippen LogP contribution in [-0.4, -0.2) is 52.1 Å². The van der Waals surface area contributed by atoms with Gasteiger partial charge in [-0.15, -0.1) is 0 Å². The van der Waals surface area contributed by atoms with Gasteiger partial charge in [-0.1, -0.05) is 48.0 Å². The van der Waals surface area contributed by atoms with Gasteiger partial charge in [0, 0.05) is 16.5 Å². The van der Waals surface area contributed by atoms with Crippen LogP contribution >= 0.6 is 0 Å². The maximum absolute atomic E-state index is 13.3. The summed E-state index contributed by atoms with van der Waals surface area (Å²) in [5.41, 5.74) is 15.0. The summed E-state index contributed by atoms with van der Waals surface area (Å²) in [7, 11) is 0. The van der Waals surface area contributed by atoms with Crippen LogP contribution in [-0.2, 0) is 14.4 Å². The lowest BCUT2D eigenvalue weighted by atomic mass is 9.70. The maximum Gasteiger partial charge on any atom is 0.321 e. The van der Waals surface area contributed by atoms with Crippen LogP contribution in [0.5, 0.6) is 0 Å². The van der Waals surface area contributed by atoms with Crippen molar-refractivity contribution in [2.45, 2.75) is 111 Å². The van der Waals surface area contributed by atoms with E-state index in [9.17, 15) is 19.5 Å². The Morgan fingerprint density at radius 2 is 1.34 bits per heavy atom. The van der Waals surface area contributed by atoms with E-state index in [1.54, 1.807) is 55.4 Å². The molecule has 2 amide bonds.